The van der Waals surface area contributed by atoms with Crippen LogP contribution in [0.3, 0.4) is 0 Å². The first-order valence-corrected chi connectivity index (χ1v) is 10.2. The van der Waals surface area contributed by atoms with Gasteiger partial charge in [0.05, 0.1) is 10.6 Å². The largest absolute Gasteiger partial charge is 0.352 e. The van der Waals surface area contributed by atoms with E-state index in [9.17, 15) is 12.8 Å². The Labute approximate surface area is 152 Å². The second-order valence-corrected chi connectivity index (χ2v) is 8.80. The number of rotatable bonds is 4. The Morgan fingerprint density at radius 3 is 2.35 bits per heavy atom. The zero-order valence-electron chi connectivity index (χ0n) is 14.6. The third kappa shape index (κ3) is 3.31. The summed E-state index contributed by atoms with van der Waals surface area (Å²) in [5.41, 5.74) is 1.47. The molecule has 1 aromatic carbocycles. The Morgan fingerprint density at radius 2 is 1.77 bits per heavy atom. The summed E-state index contributed by atoms with van der Waals surface area (Å²) >= 11 is 0. The maximum absolute atomic E-state index is 13.3. The van der Waals surface area contributed by atoms with Crippen LogP contribution < -0.4 is 4.90 Å². The smallest absolute Gasteiger partial charge is 0.243 e. The van der Waals surface area contributed by atoms with Gasteiger partial charge in [-0.25, -0.2) is 12.8 Å². The average molecular weight is 376 g/mol. The molecule has 2 aromatic rings. The van der Waals surface area contributed by atoms with E-state index in [0.29, 0.717) is 37.7 Å². The molecule has 2 aliphatic rings. The normalized spacial score (nSPS) is 18.9. The highest BCUT2D eigenvalue weighted by Gasteiger charge is 2.30. The first-order valence-electron chi connectivity index (χ1n) is 8.80. The fourth-order valence-electron chi connectivity index (χ4n) is 3.30. The van der Waals surface area contributed by atoms with E-state index in [1.54, 1.807) is 6.92 Å². The Balaban J connectivity index is 1.45. The molecule has 0 radical (unpaired) electrons. The van der Waals surface area contributed by atoms with E-state index in [1.165, 1.54) is 35.3 Å². The number of benzene rings is 1. The number of hydrogen-bond donors (Lipinski definition) is 0. The minimum Gasteiger partial charge on any atom is -0.352 e. The van der Waals surface area contributed by atoms with E-state index in [0.717, 1.165) is 11.5 Å². The quantitative estimate of drug-likeness (QED) is 0.819. The summed E-state index contributed by atoms with van der Waals surface area (Å²) in [6.45, 7) is 3.45. The number of sulfonamides is 1. The van der Waals surface area contributed by atoms with E-state index >= 15 is 0 Å². The van der Waals surface area contributed by atoms with Crippen molar-refractivity contribution in [2.45, 2.75) is 30.6 Å². The topological polar surface area (TPSA) is 66.4 Å². The zero-order chi connectivity index (χ0) is 18.3. The Morgan fingerprint density at radius 1 is 1.04 bits per heavy atom. The van der Waals surface area contributed by atoms with Gasteiger partial charge in [-0.05, 0) is 55.7 Å². The molecule has 4 rings (SSSR count). The lowest BCUT2D eigenvalue weighted by Crippen LogP contribution is -2.49. The molecule has 0 amide bonds. The second kappa shape index (κ2) is 6.59. The molecular weight excluding hydrogens is 355 g/mol. The van der Waals surface area contributed by atoms with Gasteiger partial charge in [-0.2, -0.15) is 9.40 Å². The molecule has 0 spiro atoms. The lowest BCUT2D eigenvalue weighted by atomic mass is 10.2. The highest BCUT2D eigenvalue weighted by Crippen LogP contribution is 2.38. The number of nitrogens with zero attached hydrogens (tertiary/aromatic N) is 4. The lowest BCUT2D eigenvalue weighted by molar-refractivity contribution is 0.383. The predicted octanol–water partition coefficient (Wildman–Crippen LogP) is 2.31. The van der Waals surface area contributed by atoms with Crippen LogP contribution in [-0.4, -0.2) is 49.1 Å². The highest BCUT2D eigenvalue weighted by atomic mass is 32.2. The maximum Gasteiger partial charge on any atom is 0.243 e. The van der Waals surface area contributed by atoms with Crippen molar-refractivity contribution in [1.29, 1.82) is 0 Å². The van der Waals surface area contributed by atoms with Gasteiger partial charge >= 0.3 is 0 Å². The number of halogens is 1. The molecule has 2 fully saturated rings. The van der Waals surface area contributed by atoms with Gasteiger partial charge in [-0.1, -0.05) is 0 Å². The zero-order valence-corrected chi connectivity index (χ0v) is 15.4. The van der Waals surface area contributed by atoms with Crippen LogP contribution in [0.1, 0.15) is 30.0 Å². The van der Waals surface area contributed by atoms with Crippen LogP contribution in [0.25, 0.3) is 0 Å². The van der Waals surface area contributed by atoms with E-state index in [1.807, 2.05) is 17.0 Å². The van der Waals surface area contributed by atoms with Crippen LogP contribution >= 0.6 is 0 Å². The Kier molecular flexibility index (Phi) is 4.40. The molecule has 8 heteroatoms. The van der Waals surface area contributed by atoms with E-state index in [2.05, 4.69) is 10.2 Å². The van der Waals surface area contributed by atoms with Crippen molar-refractivity contribution in [2.24, 2.45) is 0 Å². The van der Waals surface area contributed by atoms with Gasteiger partial charge in [-0.3, -0.25) is 0 Å². The Hall–Kier alpha value is -2.06. The van der Waals surface area contributed by atoms with Crippen molar-refractivity contribution >= 4 is 15.8 Å². The molecule has 0 N–H and O–H groups in total. The molecule has 1 aromatic heterocycles. The van der Waals surface area contributed by atoms with Crippen molar-refractivity contribution in [1.82, 2.24) is 14.5 Å². The van der Waals surface area contributed by atoms with E-state index in [4.69, 9.17) is 0 Å². The number of anilines is 1. The van der Waals surface area contributed by atoms with Crippen LogP contribution in [0, 0.1) is 12.7 Å². The summed E-state index contributed by atoms with van der Waals surface area (Å²) in [5.74, 6) is 0.918. The van der Waals surface area contributed by atoms with Crippen LogP contribution in [0.2, 0.25) is 0 Å². The van der Waals surface area contributed by atoms with Gasteiger partial charge in [0.25, 0.3) is 0 Å². The first-order chi connectivity index (χ1) is 12.4. The summed E-state index contributed by atoms with van der Waals surface area (Å²) in [7, 11) is -3.62. The number of hydrogen-bond acceptors (Lipinski definition) is 5. The molecule has 26 heavy (non-hydrogen) atoms. The summed E-state index contributed by atoms with van der Waals surface area (Å²) < 4.78 is 40.4. The van der Waals surface area contributed by atoms with Crippen molar-refractivity contribution in [3.8, 4) is 0 Å². The third-order valence-electron chi connectivity index (χ3n) is 4.98. The van der Waals surface area contributed by atoms with Crippen molar-refractivity contribution in [3.05, 3.63) is 47.4 Å². The maximum atomic E-state index is 13.3. The molecule has 1 saturated heterocycles. The summed E-state index contributed by atoms with van der Waals surface area (Å²) in [6.07, 6.45) is 2.38. The highest BCUT2D eigenvalue weighted by molar-refractivity contribution is 7.89. The minimum atomic E-state index is -3.62. The van der Waals surface area contributed by atoms with Gasteiger partial charge in [-0.15, -0.1) is 5.10 Å². The molecule has 2 heterocycles. The molecule has 138 valence electrons. The Bertz CT molecular complexity index is 905. The summed E-state index contributed by atoms with van der Waals surface area (Å²) in [5, 5.41) is 8.59. The van der Waals surface area contributed by atoms with Gasteiger partial charge in [0.1, 0.15) is 5.82 Å². The molecule has 0 atom stereocenters. The standard InChI is InChI=1S/C18H21FN4O2S/c1-13-12-15(19)4-6-17(13)26(24,25)23-10-8-22(9-11-23)18-7-5-16(20-21-18)14-2-3-14/h4-7,12,14H,2-3,8-11H2,1H3. The molecule has 1 aliphatic heterocycles. The fourth-order valence-corrected chi connectivity index (χ4v) is 4.93. The fraction of sp³-hybridized carbons (Fsp3) is 0.444. The number of aryl methyl sites for hydroxylation is 1. The van der Waals surface area contributed by atoms with Gasteiger partial charge < -0.3 is 4.90 Å². The van der Waals surface area contributed by atoms with Crippen LogP contribution in [0.15, 0.2) is 35.2 Å². The molecule has 1 aliphatic carbocycles. The predicted molar refractivity (Wildman–Crippen MR) is 96.1 cm³/mol. The molecule has 0 bridgehead atoms. The first kappa shape index (κ1) is 17.4. The van der Waals surface area contributed by atoms with Gasteiger partial charge in [0, 0.05) is 32.1 Å². The SMILES string of the molecule is Cc1cc(F)ccc1S(=O)(=O)N1CCN(c2ccc(C3CC3)nn2)CC1. The molecule has 1 saturated carbocycles. The van der Waals surface area contributed by atoms with Crippen molar-refractivity contribution in [3.63, 3.8) is 0 Å². The minimum absolute atomic E-state index is 0.168. The molecule has 0 unspecified atom stereocenters. The molecule has 6 nitrogen and oxygen atoms in total. The van der Waals surface area contributed by atoms with Crippen LogP contribution in [-0.2, 0) is 10.0 Å². The second-order valence-electron chi connectivity index (χ2n) is 6.89. The number of aromatic nitrogens is 2. The van der Waals surface area contributed by atoms with E-state index < -0.39 is 15.8 Å². The molecular formula is C18H21FN4O2S. The van der Waals surface area contributed by atoms with Gasteiger partial charge in [0.15, 0.2) is 5.82 Å². The van der Waals surface area contributed by atoms with E-state index in [-0.39, 0.29) is 4.90 Å². The average Bonchev–Trinajstić information content (AvgIpc) is 3.47. The van der Waals surface area contributed by atoms with Crippen LogP contribution in [0.4, 0.5) is 10.2 Å². The monoisotopic (exact) mass is 376 g/mol. The summed E-state index contributed by atoms with van der Waals surface area (Å²) in [4.78, 5) is 2.22. The van der Waals surface area contributed by atoms with Gasteiger partial charge in [0.2, 0.25) is 10.0 Å². The van der Waals surface area contributed by atoms with Crippen molar-refractivity contribution < 1.29 is 12.8 Å². The lowest BCUT2D eigenvalue weighted by Gasteiger charge is -2.34. The number of piperazine rings is 1. The summed E-state index contributed by atoms with van der Waals surface area (Å²) in [6, 6.07) is 7.77. The van der Waals surface area contributed by atoms with Crippen molar-refractivity contribution in [2.75, 3.05) is 31.1 Å². The third-order valence-corrected chi connectivity index (χ3v) is 7.04. The van der Waals surface area contributed by atoms with Crippen LogP contribution in [0.5, 0.6) is 0 Å².